The number of nitrogens with zero attached hydrogens (tertiary/aromatic N) is 3. The van der Waals surface area contributed by atoms with E-state index in [1.54, 1.807) is 18.2 Å². The molecule has 0 spiro atoms. The molecule has 0 bridgehead atoms. The first-order chi connectivity index (χ1) is 14.6. The zero-order valence-corrected chi connectivity index (χ0v) is 18.7. The fourth-order valence-corrected chi connectivity index (χ4v) is 4.77. The molecule has 1 fully saturated rings. The molecule has 0 N–H and O–H groups in total. The number of hydrogen-bond donors (Lipinski definition) is 0. The second kappa shape index (κ2) is 11.2. The third-order valence-corrected chi connectivity index (χ3v) is 6.63. The van der Waals surface area contributed by atoms with E-state index in [9.17, 15) is 9.59 Å². The summed E-state index contributed by atoms with van der Waals surface area (Å²) in [6.45, 7) is 2.75. The number of amides is 2. The van der Waals surface area contributed by atoms with E-state index < -0.39 is 0 Å². The Bertz CT molecular complexity index is 824. The monoisotopic (exact) mass is 429 g/mol. The van der Waals surface area contributed by atoms with Crippen LogP contribution < -0.4 is 0 Å². The summed E-state index contributed by atoms with van der Waals surface area (Å²) >= 11 is 1.50. The molecule has 30 heavy (non-hydrogen) atoms. The Morgan fingerprint density at radius 3 is 2.93 bits per heavy atom. The number of carbonyl (C=O) groups is 2. The van der Waals surface area contributed by atoms with Gasteiger partial charge < -0.3 is 14.5 Å². The van der Waals surface area contributed by atoms with Crippen molar-refractivity contribution in [2.24, 2.45) is 5.92 Å². The van der Waals surface area contributed by atoms with Crippen LogP contribution in [0.5, 0.6) is 0 Å². The third kappa shape index (κ3) is 6.37. The molecule has 162 valence electrons. The van der Waals surface area contributed by atoms with Crippen molar-refractivity contribution in [1.29, 1.82) is 0 Å². The molecular formula is C23H31N3O3S. The van der Waals surface area contributed by atoms with Gasteiger partial charge in [0.2, 0.25) is 5.91 Å². The van der Waals surface area contributed by atoms with E-state index >= 15 is 0 Å². The summed E-state index contributed by atoms with van der Waals surface area (Å²) in [6.07, 6.45) is 5.98. The normalized spacial score (nSPS) is 16.5. The van der Waals surface area contributed by atoms with Crippen molar-refractivity contribution >= 4 is 23.2 Å². The maximum absolute atomic E-state index is 12.8. The van der Waals surface area contributed by atoms with Crippen LogP contribution in [-0.4, -0.2) is 60.4 Å². The number of hydrogen-bond acceptors (Lipinski definition) is 5. The Hall–Kier alpha value is -2.25. The van der Waals surface area contributed by atoms with Crippen LogP contribution in [0, 0.1) is 5.92 Å². The summed E-state index contributed by atoms with van der Waals surface area (Å²) in [5.74, 6) is 0.650. The smallest absolute Gasteiger partial charge is 0.263 e. The van der Waals surface area contributed by atoms with Crippen molar-refractivity contribution in [3.05, 3.63) is 52.0 Å². The Morgan fingerprint density at radius 2 is 2.17 bits per heavy atom. The Balaban J connectivity index is 1.43. The van der Waals surface area contributed by atoms with Gasteiger partial charge >= 0.3 is 0 Å². The summed E-state index contributed by atoms with van der Waals surface area (Å²) in [4.78, 5) is 35.3. The van der Waals surface area contributed by atoms with Crippen LogP contribution in [0.3, 0.4) is 0 Å². The van der Waals surface area contributed by atoms with Crippen LogP contribution in [0.25, 0.3) is 0 Å². The lowest BCUT2D eigenvalue weighted by Crippen LogP contribution is -2.40. The van der Waals surface area contributed by atoms with Crippen LogP contribution in [0.4, 0.5) is 0 Å². The van der Waals surface area contributed by atoms with Crippen molar-refractivity contribution in [2.75, 3.05) is 33.8 Å². The maximum Gasteiger partial charge on any atom is 0.263 e. The molecule has 2 aromatic heterocycles. The van der Waals surface area contributed by atoms with Crippen LogP contribution >= 0.6 is 11.3 Å². The number of ether oxygens (including phenoxy) is 1. The minimum atomic E-state index is 0.103. The number of aromatic nitrogens is 1. The summed E-state index contributed by atoms with van der Waals surface area (Å²) in [5, 5.41) is 0. The molecule has 0 aliphatic carbocycles. The van der Waals surface area contributed by atoms with Gasteiger partial charge in [-0.2, -0.15) is 0 Å². The molecular weight excluding hydrogens is 398 g/mol. The highest BCUT2D eigenvalue weighted by atomic mass is 32.1. The largest absolute Gasteiger partial charge is 0.379 e. The minimum Gasteiger partial charge on any atom is -0.379 e. The number of piperidine rings is 1. The molecule has 3 rings (SSSR count). The van der Waals surface area contributed by atoms with Gasteiger partial charge in [0.15, 0.2) is 0 Å². The van der Waals surface area contributed by atoms with Crippen molar-refractivity contribution in [2.45, 2.75) is 38.7 Å². The van der Waals surface area contributed by atoms with E-state index in [1.807, 2.05) is 42.3 Å². The fourth-order valence-electron chi connectivity index (χ4n) is 3.83. The number of rotatable bonds is 9. The molecule has 3 heterocycles. The summed E-state index contributed by atoms with van der Waals surface area (Å²) in [7, 11) is 3.52. The SMILES string of the molecule is COCc1ccc(C(=O)N2CCC[C@@H](CCC(=O)N(C)CCc3ccccn3)C2)s1. The lowest BCUT2D eigenvalue weighted by atomic mass is 9.93. The van der Waals surface area contributed by atoms with Crippen LogP contribution in [0.2, 0.25) is 0 Å². The molecule has 0 radical (unpaired) electrons. The predicted octanol–water partition coefficient (Wildman–Crippen LogP) is 3.62. The van der Waals surface area contributed by atoms with Gasteiger partial charge in [-0.25, -0.2) is 0 Å². The second-order valence-electron chi connectivity index (χ2n) is 7.88. The summed E-state index contributed by atoms with van der Waals surface area (Å²) < 4.78 is 5.15. The van der Waals surface area contributed by atoms with E-state index in [-0.39, 0.29) is 11.8 Å². The molecule has 1 aliphatic heterocycles. The molecule has 0 unspecified atom stereocenters. The van der Waals surface area contributed by atoms with Gasteiger partial charge in [0.25, 0.3) is 5.91 Å². The van der Waals surface area contributed by atoms with Crippen molar-refractivity contribution in [3.8, 4) is 0 Å². The maximum atomic E-state index is 12.8. The standard InChI is InChI=1S/C23H31N3O3S/c1-25(15-12-19-7-3-4-13-24-19)22(27)11-8-18-6-5-14-26(16-18)23(28)21-10-9-20(30-21)17-29-2/h3-4,7,9-10,13,18H,5-6,8,11-12,14-17H2,1-2H3/t18-/m0/s1. The average molecular weight is 430 g/mol. The van der Waals surface area contributed by atoms with Gasteiger partial charge in [-0.05, 0) is 49.4 Å². The number of carbonyl (C=O) groups excluding carboxylic acids is 2. The second-order valence-corrected chi connectivity index (χ2v) is 9.05. The molecule has 0 saturated carbocycles. The Kier molecular flexibility index (Phi) is 8.39. The predicted molar refractivity (Wildman–Crippen MR) is 118 cm³/mol. The average Bonchev–Trinajstić information content (AvgIpc) is 3.25. The minimum absolute atomic E-state index is 0.103. The molecule has 2 aromatic rings. The highest BCUT2D eigenvalue weighted by molar-refractivity contribution is 7.14. The number of likely N-dealkylation sites (N-methyl/N-ethyl adjacent to an activating group) is 1. The topological polar surface area (TPSA) is 62.7 Å². The fraction of sp³-hybridized carbons (Fsp3) is 0.522. The third-order valence-electron chi connectivity index (χ3n) is 5.59. The molecule has 6 nitrogen and oxygen atoms in total. The molecule has 7 heteroatoms. The van der Waals surface area contributed by atoms with Crippen LogP contribution in [0.15, 0.2) is 36.5 Å². The summed E-state index contributed by atoms with van der Waals surface area (Å²) in [6, 6.07) is 9.70. The molecule has 1 aliphatic rings. The first kappa shape index (κ1) is 22.4. The van der Waals surface area contributed by atoms with Gasteiger partial charge in [-0.3, -0.25) is 14.6 Å². The lowest BCUT2D eigenvalue weighted by molar-refractivity contribution is -0.130. The van der Waals surface area contributed by atoms with Gasteiger partial charge in [0, 0.05) is 63.4 Å². The van der Waals surface area contributed by atoms with Crippen molar-refractivity contribution in [3.63, 3.8) is 0 Å². The van der Waals surface area contributed by atoms with Crippen LogP contribution in [0.1, 0.15) is 45.9 Å². The molecule has 0 aromatic carbocycles. The van der Waals surface area contributed by atoms with Gasteiger partial charge in [0.05, 0.1) is 11.5 Å². The van der Waals surface area contributed by atoms with E-state index in [0.717, 1.165) is 54.2 Å². The first-order valence-corrected chi connectivity index (χ1v) is 11.4. The van der Waals surface area contributed by atoms with Gasteiger partial charge in [0.1, 0.15) is 0 Å². The van der Waals surface area contributed by atoms with E-state index in [4.69, 9.17) is 4.74 Å². The highest BCUT2D eigenvalue weighted by Crippen LogP contribution is 2.25. The zero-order chi connectivity index (χ0) is 21.3. The first-order valence-electron chi connectivity index (χ1n) is 10.6. The lowest BCUT2D eigenvalue weighted by Gasteiger charge is -2.32. The number of methoxy groups -OCH3 is 1. The van der Waals surface area contributed by atoms with Crippen LogP contribution in [-0.2, 0) is 22.6 Å². The van der Waals surface area contributed by atoms with E-state index in [2.05, 4.69) is 4.98 Å². The zero-order valence-electron chi connectivity index (χ0n) is 17.9. The number of likely N-dealkylation sites (tertiary alicyclic amines) is 1. The molecule has 2 amide bonds. The van der Waals surface area contributed by atoms with Crippen molar-refractivity contribution < 1.29 is 14.3 Å². The highest BCUT2D eigenvalue weighted by Gasteiger charge is 2.26. The quantitative estimate of drug-likeness (QED) is 0.611. The Morgan fingerprint density at radius 1 is 1.30 bits per heavy atom. The summed E-state index contributed by atoms with van der Waals surface area (Å²) in [5.41, 5.74) is 1.00. The van der Waals surface area contributed by atoms with Gasteiger partial charge in [-0.15, -0.1) is 11.3 Å². The van der Waals surface area contributed by atoms with E-state index in [0.29, 0.717) is 25.5 Å². The number of pyridine rings is 1. The number of thiophene rings is 1. The van der Waals surface area contributed by atoms with Crippen molar-refractivity contribution in [1.82, 2.24) is 14.8 Å². The Labute approximate surface area is 182 Å². The molecule has 1 saturated heterocycles. The molecule has 1 atom stereocenters. The van der Waals surface area contributed by atoms with Gasteiger partial charge in [-0.1, -0.05) is 6.07 Å². The van der Waals surface area contributed by atoms with E-state index in [1.165, 1.54) is 11.3 Å².